The standard InChI is InChI=1S/C21H28N4O2S/c26-19(23-13-7-8-14-23)15-25-18-10-4-3-9-17(18)22-21(25)28-16-20(27)24-11-5-1-2-6-12-24/h3-4,9-10H,1-2,5-8,11-16H2. The molecule has 0 N–H and O–H groups in total. The van der Waals surface area contributed by atoms with Gasteiger partial charge in [0.05, 0.1) is 16.8 Å². The van der Waals surface area contributed by atoms with E-state index in [0.717, 1.165) is 68.1 Å². The van der Waals surface area contributed by atoms with Gasteiger partial charge >= 0.3 is 0 Å². The lowest BCUT2D eigenvalue weighted by molar-refractivity contribution is -0.131. The van der Waals surface area contributed by atoms with Gasteiger partial charge in [0.15, 0.2) is 5.16 Å². The predicted molar refractivity (Wildman–Crippen MR) is 111 cm³/mol. The van der Waals surface area contributed by atoms with Crippen LogP contribution in [0, 0.1) is 0 Å². The lowest BCUT2D eigenvalue weighted by atomic mass is 10.2. The van der Waals surface area contributed by atoms with Crippen molar-refractivity contribution >= 4 is 34.6 Å². The van der Waals surface area contributed by atoms with Gasteiger partial charge in [-0.3, -0.25) is 9.59 Å². The van der Waals surface area contributed by atoms with Crippen LogP contribution in [-0.4, -0.2) is 63.1 Å². The Balaban J connectivity index is 1.49. The smallest absolute Gasteiger partial charge is 0.242 e. The lowest BCUT2D eigenvalue weighted by Crippen LogP contribution is -2.33. The molecule has 3 heterocycles. The minimum atomic E-state index is 0.140. The van der Waals surface area contributed by atoms with Gasteiger partial charge in [-0.05, 0) is 37.8 Å². The number of fused-ring (bicyclic) bond motifs is 1. The summed E-state index contributed by atoms with van der Waals surface area (Å²) in [6, 6.07) is 7.89. The zero-order chi connectivity index (χ0) is 19.3. The predicted octanol–water partition coefficient (Wildman–Crippen LogP) is 3.15. The Morgan fingerprint density at radius 2 is 1.46 bits per heavy atom. The van der Waals surface area contributed by atoms with Gasteiger partial charge in [0.1, 0.15) is 6.54 Å². The van der Waals surface area contributed by atoms with Crippen molar-refractivity contribution in [1.82, 2.24) is 19.4 Å². The number of hydrogen-bond donors (Lipinski definition) is 0. The molecule has 2 fully saturated rings. The topological polar surface area (TPSA) is 58.4 Å². The monoisotopic (exact) mass is 400 g/mol. The van der Waals surface area contributed by atoms with E-state index >= 15 is 0 Å². The molecule has 0 saturated carbocycles. The molecule has 2 aliphatic heterocycles. The van der Waals surface area contributed by atoms with Gasteiger partial charge in [0.25, 0.3) is 0 Å². The average Bonchev–Trinajstić information content (AvgIpc) is 3.27. The number of likely N-dealkylation sites (tertiary alicyclic amines) is 2. The van der Waals surface area contributed by atoms with E-state index in [1.165, 1.54) is 24.6 Å². The molecule has 4 rings (SSSR count). The van der Waals surface area contributed by atoms with Crippen LogP contribution in [-0.2, 0) is 16.1 Å². The number of imidazole rings is 1. The first-order valence-corrected chi connectivity index (χ1v) is 11.3. The van der Waals surface area contributed by atoms with Crippen LogP contribution in [0.2, 0.25) is 0 Å². The van der Waals surface area contributed by atoms with Crippen molar-refractivity contribution in [3.63, 3.8) is 0 Å². The Kier molecular flexibility index (Phi) is 6.20. The summed E-state index contributed by atoms with van der Waals surface area (Å²) in [6.07, 6.45) is 6.79. The van der Waals surface area contributed by atoms with Crippen LogP contribution < -0.4 is 0 Å². The molecular weight excluding hydrogens is 372 g/mol. The average molecular weight is 401 g/mol. The normalized spacial score (nSPS) is 17.9. The quantitative estimate of drug-likeness (QED) is 0.724. The summed E-state index contributed by atoms with van der Waals surface area (Å²) in [5, 5.41) is 0.761. The van der Waals surface area contributed by atoms with Crippen LogP contribution >= 0.6 is 11.8 Å². The van der Waals surface area contributed by atoms with E-state index < -0.39 is 0 Å². The highest BCUT2D eigenvalue weighted by atomic mass is 32.2. The van der Waals surface area contributed by atoms with Crippen molar-refractivity contribution in [2.45, 2.75) is 50.2 Å². The summed E-state index contributed by atoms with van der Waals surface area (Å²) in [7, 11) is 0. The molecule has 2 amide bonds. The minimum absolute atomic E-state index is 0.140. The Morgan fingerprint density at radius 3 is 2.18 bits per heavy atom. The molecule has 2 saturated heterocycles. The number of hydrogen-bond acceptors (Lipinski definition) is 4. The number of para-hydroxylation sites is 2. The molecule has 150 valence electrons. The Hall–Kier alpha value is -2.02. The van der Waals surface area contributed by atoms with Gasteiger partial charge in [-0.2, -0.15) is 0 Å². The maximum Gasteiger partial charge on any atom is 0.242 e. The number of amides is 2. The van der Waals surface area contributed by atoms with Crippen LogP contribution in [0.4, 0.5) is 0 Å². The Morgan fingerprint density at radius 1 is 0.857 bits per heavy atom. The molecule has 0 radical (unpaired) electrons. The van der Waals surface area contributed by atoms with Gasteiger partial charge in [0, 0.05) is 26.2 Å². The van der Waals surface area contributed by atoms with Crippen molar-refractivity contribution in [3.8, 4) is 0 Å². The summed E-state index contributed by atoms with van der Waals surface area (Å²) in [5.41, 5.74) is 1.83. The SMILES string of the molecule is O=C(CSc1nc2ccccc2n1CC(=O)N1CCCC1)N1CCCCCC1. The van der Waals surface area contributed by atoms with Gasteiger partial charge in [-0.1, -0.05) is 36.7 Å². The number of carbonyl (C=O) groups is 2. The van der Waals surface area contributed by atoms with Crippen molar-refractivity contribution in [1.29, 1.82) is 0 Å². The van der Waals surface area contributed by atoms with Crippen molar-refractivity contribution in [2.75, 3.05) is 31.9 Å². The molecule has 0 unspecified atom stereocenters. The van der Waals surface area contributed by atoms with Crippen LogP contribution in [0.5, 0.6) is 0 Å². The van der Waals surface area contributed by atoms with E-state index in [2.05, 4.69) is 0 Å². The van der Waals surface area contributed by atoms with Crippen molar-refractivity contribution in [2.24, 2.45) is 0 Å². The Bertz CT molecular complexity index is 836. The first-order chi connectivity index (χ1) is 13.7. The summed E-state index contributed by atoms with van der Waals surface area (Å²) in [6.45, 7) is 3.72. The fourth-order valence-corrected chi connectivity index (χ4v) is 4.97. The molecule has 0 aliphatic carbocycles. The zero-order valence-corrected chi connectivity index (χ0v) is 17.1. The second kappa shape index (κ2) is 8.99. The van der Waals surface area contributed by atoms with E-state index in [-0.39, 0.29) is 11.8 Å². The maximum atomic E-state index is 12.7. The summed E-state index contributed by atoms with van der Waals surface area (Å²) in [4.78, 5) is 34.0. The molecule has 1 aromatic carbocycles. The fraction of sp³-hybridized carbons (Fsp3) is 0.571. The van der Waals surface area contributed by atoms with E-state index in [9.17, 15) is 9.59 Å². The number of thioether (sulfide) groups is 1. The molecule has 7 heteroatoms. The maximum absolute atomic E-state index is 12.7. The number of nitrogens with zero attached hydrogens (tertiary/aromatic N) is 4. The van der Waals surface area contributed by atoms with Crippen molar-refractivity contribution < 1.29 is 9.59 Å². The summed E-state index contributed by atoms with van der Waals surface area (Å²) in [5.74, 6) is 0.694. The molecular formula is C21H28N4O2S. The number of benzene rings is 1. The fourth-order valence-electron chi connectivity index (χ4n) is 4.06. The molecule has 28 heavy (non-hydrogen) atoms. The third kappa shape index (κ3) is 4.35. The highest BCUT2D eigenvalue weighted by molar-refractivity contribution is 7.99. The van der Waals surface area contributed by atoms with Crippen LogP contribution in [0.1, 0.15) is 38.5 Å². The third-order valence-corrected chi connectivity index (χ3v) is 6.62. The van der Waals surface area contributed by atoms with E-state index in [0.29, 0.717) is 12.3 Å². The molecule has 0 atom stereocenters. The summed E-state index contributed by atoms with van der Waals surface area (Å²) < 4.78 is 1.98. The largest absolute Gasteiger partial charge is 0.342 e. The third-order valence-electron chi connectivity index (χ3n) is 5.66. The lowest BCUT2D eigenvalue weighted by Gasteiger charge is -2.20. The first kappa shape index (κ1) is 19.3. The van der Waals surface area contributed by atoms with Crippen LogP contribution in [0.3, 0.4) is 0 Å². The molecule has 6 nitrogen and oxygen atoms in total. The van der Waals surface area contributed by atoms with Gasteiger partial charge in [-0.25, -0.2) is 4.98 Å². The minimum Gasteiger partial charge on any atom is -0.342 e. The highest BCUT2D eigenvalue weighted by Crippen LogP contribution is 2.25. The van der Waals surface area contributed by atoms with Crippen LogP contribution in [0.25, 0.3) is 11.0 Å². The number of aromatic nitrogens is 2. The Labute approximate surface area is 170 Å². The first-order valence-electron chi connectivity index (χ1n) is 10.4. The second-order valence-corrected chi connectivity index (χ2v) is 8.58. The van der Waals surface area contributed by atoms with Crippen molar-refractivity contribution in [3.05, 3.63) is 24.3 Å². The van der Waals surface area contributed by atoms with Gasteiger partial charge < -0.3 is 14.4 Å². The highest BCUT2D eigenvalue weighted by Gasteiger charge is 2.22. The second-order valence-electron chi connectivity index (χ2n) is 7.64. The molecule has 0 spiro atoms. The van der Waals surface area contributed by atoms with E-state index in [1.807, 2.05) is 38.6 Å². The van der Waals surface area contributed by atoms with Gasteiger partial charge in [-0.15, -0.1) is 0 Å². The van der Waals surface area contributed by atoms with Gasteiger partial charge in [0.2, 0.25) is 11.8 Å². The zero-order valence-electron chi connectivity index (χ0n) is 16.3. The summed E-state index contributed by atoms with van der Waals surface area (Å²) >= 11 is 1.46. The molecule has 2 aromatic rings. The van der Waals surface area contributed by atoms with Crippen LogP contribution in [0.15, 0.2) is 29.4 Å². The number of rotatable bonds is 5. The van der Waals surface area contributed by atoms with E-state index in [4.69, 9.17) is 4.98 Å². The molecule has 1 aromatic heterocycles. The molecule has 2 aliphatic rings. The number of carbonyl (C=O) groups excluding carboxylic acids is 2. The molecule has 0 bridgehead atoms. The van der Waals surface area contributed by atoms with E-state index in [1.54, 1.807) is 0 Å².